The fraction of sp³-hybridized carbons (Fsp3) is 0.586. The maximum absolute atomic E-state index is 14.8. The van der Waals surface area contributed by atoms with Gasteiger partial charge in [-0.3, -0.25) is 48.1 Å². The molecule has 0 saturated carbocycles. The van der Waals surface area contributed by atoms with Gasteiger partial charge in [-0.05, 0) is 91.0 Å². The summed E-state index contributed by atoms with van der Waals surface area (Å²) in [5.74, 6) is -5.07. The van der Waals surface area contributed by atoms with Crippen LogP contribution in [0, 0.1) is 29.6 Å². The highest BCUT2D eigenvalue weighted by Gasteiger charge is 2.44. The van der Waals surface area contributed by atoms with Gasteiger partial charge in [0, 0.05) is 65.4 Å². The van der Waals surface area contributed by atoms with Crippen LogP contribution in [-0.4, -0.2) is 182 Å². The number of nitrogens with two attached hydrogens (primary N) is 1. The van der Waals surface area contributed by atoms with Crippen molar-refractivity contribution in [2.45, 2.75) is 194 Å². The van der Waals surface area contributed by atoms with E-state index in [1.54, 1.807) is 115 Å². The van der Waals surface area contributed by atoms with E-state index in [-0.39, 0.29) is 92.2 Å². The number of rotatable bonds is 38. The molecular formula is C70H103N9O15. The van der Waals surface area contributed by atoms with Crippen molar-refractivity contribution in [3.63, 3.8) is 0 Å². The number of carbonyl (C=O) groups is 11. The molecule has 24 heteroatoms. The average Bonchev–Trinajstić information content (AvgIpc) is 1.40. The van der Waals surface area contributed by atoms with Crippen molar-refractivity contribution < 1.29 is 72.1 Å². The molecule has 1 fully saturated rings. The molecule has 1 heterocycles. The smallest absolute Gasteiger partial charge is 0.410 e. The molecule has 12 unspecified atom stereocenters. The van der Waals surface area contributed by atoms with Crippen LogP contribution in [0.25, 0.3) is 0 Å². The number of aliphatic hydroxyl groups is 1. The molecule has 0 bridgehead atoms. The van der Waals surface area contributed by atoms with E-state index in [1.807, 2.05) is 32.0 Å². The number of hydrogen-bond donors (Lipinski definition) is 7. The predicted octanol–water partition coefficient (Wildman–Crippen LogP) is 6.02. The molecule has 3 aromatic rings. The zero-order chi connectivity index (χ0) is 70.1. The highest BCUT2D eigenvalue weighted by atomic mass is 16.6. The van der Waals surface area contributed by atoms with Crippen LogP contribution in [0.5, 0.6) is 0 Å². The number of primary amides is 1. The number of carbonyl (C=O) groups excluding carboxylic acids is 11. The first-order chi connectivity index (χ1) is 44.5. The number of urea groups is 1. The van der Waals surface area contributed by atoms with E-state index in [0.717, 1.165) is 0 Å². The first kappa shape index (κ1) is 78.4. The second-order valence-corrected chi connectivity index (χ2v) is 25.8. The van der Waals surface area contributed by atoms with Crippen molar-refractivity contribution in [2.24, 2.45) is 35.3 Å². The van der Waals surface area contributed by atoms with Crippen LogP contribution in [0.1, 0.15) is 163 Å². The van der Waals surface area contributed by atoms with Crippen LogP contribution in [0.2, 0.25) is 0 Å². The maximum Gasteiger partial charge on any atom is 0.410 e. The fourth-order valence-electron chi connectivity index (χ4n) is 12.1. The van der Waals surface area contributed by atoms with Gasteiger partial charge in [0.05, 0.1) is 54.8 Å². The lowest BCUT2D eigenvalue weighted by atomic mass is 9.89. The summed E-state index contributed by atoms with van der Waals surface area (Å²) in [6, 6.07) is 13.8. The van der Waals surface area contributed by atoms with Gasteiger partial charge in [0.1, 0.15) is 24.7 Å². The lowest BCUT2D eigenvalue weighted by molar-refractivity contribution is -0.148. The highest BCUT2D eigenvalue weighted by Crippen LogP contribution is 2.31. The van der Waals surface area contributed by atoms with Crippen molar-refractivity contribution in [3.05, 3.63) is 106 Å². The molecule has 3 aromatic carbocycles. The zero-order valence-electron chi connectivity index (χ0n) is 57.3. The van der Waals surface area contributed by atoms with Gasteiger partial charge in [0.2, 0.25) is 35.4 Å². The molecule has 1 saturated heterocycles. The minimum Gasteiger partial charge on any atom is -0.445 e. The topological polar surface area (TPSA) is 332 Å². The minimum absolute atomic E-state index is 0.0282. The number of likely N-dealkylation sites (N-methyl/N-ethyl adjacent to an activating group) is 2. The van der Waals surface area contributed by atoms with Crippen LogP contribution in [0.15, 0.2) is 72.8 Å². The second-order valence-electron chi connectivity index (χ2n) is 25.8. The standard InChI is InChI=1S/C70H103N9O15/c1-15-44(8)62(56(92-13)37-58(84)79-34-20-24-54(79)64(93-14)45(9)65(86)73-46(10)63(85)50-21-17-16-18-22-50)77(11)68(89)60(42(4)5)76-67(88)61(43(6)7)78(12)70(91)94-40-49-27-25-48(26-28-49)36-55(82)53(23-19-33-72-69(71)90)74-66(87)59(41(2)3)75-57(83)32-30-47-29-31-51(38-80)52(35-47)39-81/h16-18,21-22,25-29,31,35,38-39,41-46,53-54,56,59-64,85H,15,19-20,23-24,30,32-34,36-37,40H2,1-14H3,(H,73,86)(H,74,87)(H,75,83)(H,76,88)(H3,71,72,90). The molecule has 0 radical (unpaired) electrons. The van der Waals surface area contributed by atoms with E-state index >= 15 is 0 Å². The molecule has 1 aliphatic rings. The van der Waals surface area contributed by atoms with Crippen molar-refractivity contribution in [3.8, 4) is 0 Å². The van der Waals surface area contributed by atoms with Crippen LogP contribution < -0.4 is 32.3 Å². The molecule has 94 heavy (non-hydrogen) atoms. The monoisotopic (exact) mass is 1310 g/mol. The predicted molar refractivity (Wildman–Crippen MR) is 355 cm³/mol. The molecule has 0 aromatic heterocycles. The van der Waals surface area contributed by atoms with E-state index in [4.69, 9.17) is 19.9 Å². The quantitative estimate of drug-likeness (QED) is 0.0255. The van der Waals surface area contributed by atoms with Gasteiger partial charge < -0.3 is 61.4 Å². The number of Topliss-reactive ketones (excluding diaryl/α,β-unsaturated/α-hetero) is 1. The summed E-state index contributed by atoms with van der Waals surface area (Å²) in [6.45, 7) is 18.4. The molecule has 0 spiro atoms. The third-order valence-corrected chi connectivity index (χ3v) is 17.8. The number of ether oxygens (including phenoxy) is 3. The summed E-state index contributed by atoms with van der Waals surface area (Å²) < 4.78 is 17.8. The van der Waals surface area contributed by atoms with Crippen molar-refractivity contribution in [1.82, 2.24) is 41.3 Å². The fourth-order valence-corrected chi connectivity index (χ4v) is 12.1. The Labute approximate surface area is 554 Å². The number of hydrogen-bond acceptors (Lipinski definition) is 15. The first-order valence-electron chi connectivity index (χ1n) is 32.7. The third kappa shape index (κ3) is 22.6. The largest absolute Gasteiger partial charge is 0.445 e. The summed E-state index contributed by atoms with van der Waals surface area (Å²) >= 11 is 0. The van der Waals surface area contributed by atoms with E-state index in [1.165, 1.54) is 38.3 Å². The summed E-state index contributed by atoms with van der Waals surface area (Å²) in [6.07, 6.45) is 0.232. The highest BCUT2D eigenvalue weighted by molar-refractivity contribution is 5.95. The van der Waals surface area contributed by atoms with Gasteiger partial charge in [-0.1, -0.05) is 135 Å². The van der Waals surface area contributed by atoms with Gasteiger partial charge in [-0.25, -0.2) is 9.59 Å². The molecule has 12 atom stereocenters. The van der Waals surface area contributed by atoms with Crippen LogP contribution in [-0.2, 0) is 67.2 Å². The molecule has 8 N–H and O–H groups in total. The van der Waals surface area contributed by atoms with Gasteiger partial charge in [0.25, 0.3) is 0 Å². The van der Waals surface area contributed by atoms with Gasteiger partial charge >= 0.3 is 12.1 Å². The molecule has 0 aliphatic carbocycles. The number of aldehydes is 2. The Morgan fingerprint density at radius 2 is 1.35 bits per heavy atom. The van der Waals surface area contributed by atoms with E-state index < -0.39 is 114 Å². The number of benzene rings is 3. The Balaban J connectivity index is 1.40. The number of nitrogens with one attached hydrogen (secondary N) is 5. The van der Waals surface area contributed by atoms with Crippen molar-refractivity contribution >= 4 is 65.9 Å². The molecule has 4 rings (SSSR count). The molecular weight excluding hydrogens is 1210 g/mol. The number of amides is 9. The van der Waals surface area contributed by atoms with E-state index in [2.05, 4.69) is 26.6 Å². The van der Waals surface area contributed by atoms with Crippen LogP contribution >= 0.6 is 0 Å². The first-order valence-corrected chi connectivity index (χ1v) is 32.7. The lowest BCUT2D eigenvalue weighted by Gasteiger charge is -2.41. The number of aryl methyl sites for hydroxylation is 1. The van der Waals surface area contributed by atoms with E-state index in [9.17, 15) is 57.8 Å². The summed E-state index contributed by atoms with van der Waals surface area (Å²) in [7, 11) is 6.09. The number of ketones is 1. The van der Waals surface area contributed by atoms with Gasteiger partial charge in [0.15, 0.2) is 18.4 Å². The SMILES string of the molecule is CCC(C)C(C(CC(=O)N1CCCC1C(OC)C(C)C(=O)NC(C)C(O)c1ccccc1)OC)N(C)C(=O)C(NC(=O)C(C(C)C)N(C)C(=O)OCc1ccc(CC(=O)C(CCCNC(N)=O)NC(=O)C(NC(=O)CCc2ccc(C=O)c(C=O)c2)C(C)C)cc1)C(C)C. The zero-order valence-corrected chi connectivity index (χ0v) is 57.3. The normalized spacial score (nSPS) is 16.6. The third-order valence-electron chi connectivity index (χ3n) is 17.8. The van der Waals surface area contributed by atoms with Crippen molar-refractivity contribution in [1.29, 1.82) is 0 Å². The Morgan fingerprint density at radius 3 is 1.93 bits per heavy atom. The van der Waals surface area contributed by atoms with Gasteiger partial charge in [-0.2, -0.15) is 0 Å². The van der Waals surface area contributed by atoms with Crippen LogP contribution in [0.3, 0.4) is 0 Å². The van der Waals surface area contributed by atoms with Crippen molar-refractivity contribution in [2.75, 3.05) is 41.4 Å². The second kappa shape index (κ2) is 38.3. The van der Waals surface area contributed by atoms with Crippen LogP contribution in [0.4, 0.5) is 9.59 Å². The minimum atomic E-state index is -1.08. The Bertz CT molecular complexity index is 3020. The Hall–Kier alpha value is -8.09. The average molecular weight is 1310 g/mol. The number of nitrogens with zero attached hydrogens (tertiary/aromatic N) is 3. The summed E-state index contributed by atoms with van der Waals surface area (Å²) in [4.78, 5) is 151. The molecule has 518 valence electrons. The number of aliphatic hydroxyl groups excluding tert-OH is 1. The van der Waals surface area contributed by atoms with Gasteiger partial charge in [-0.15, -0.1) is 0 Å². The molecule has 9 amide bonds. The molecule has 24 nitrogen and oxygen atoms in total. The lowest BCUT2D eigenvalue weighted by Crippen LogP contribution is -2.60. The summed E-state index contributed by atoms with van der Waals surface area (Å²) in [5, 5.41) is 24.9. The Kier molecular flexibility index (Phi) is 31.9. The summed E-state index contributed by atoms with van der Waals surface area (Å²) in [5.41, 5.74) is 8.13. The Morgan fingerprint density at radius 1 is 0.723 bits per heavy atom. The number of likely N-dealkylation sites (tertiary alicyclic amines) is 1. The number of methoxy groups -OCH3 is 2. The maximum atomic E-state index is 14.8. The molecule has 1 aliphatic heterocycles. The van der Waals surface area contributed by atoms with E-state index in [0.29, 0.717) is 60.6 Å².